The van der Waals surface area contributed by atoms with E-state index in [2.05, 4.69) is 10.6 Å². The molecular formula is C10H18N2O3. The maximum Gasteiger partial charge on any atom is 0.326 e. The molecule has 1 aliphatic heterocycles. The van der Waals surface area contributed by atoms with Crippen LogP contribution >= 0.6 is 0 Å². The van der Waals surface area contributed by atoms with Crippen molar-refractivity contribution >= 4 is 11.9 Å². The molecule has 0 saturated carbocycles. The SMILES string of the molecule is CCCC(NC(=O)C1CCNC1)C(=O)O. The number of hydrogen-bond donors (Lipinski definition) is 3. The molecule has 2 atom stereocenters. The van der Waals surface area contributed by atoms with Gasteiger partial charge in [-0.15, -0.1) is 0 Å². The van der Waals surface area contributed by atoms with Gasteiger partial charge in [0, 0.05) is 6.54 Å². The van der Waals surface area contributed by atoms with Gasteiger partial charge in [0.15, 0.2) is 0 Å². The van der Waals surface area contributed by atoms with Gasteiger partial charge >= 0.3 is 5.97 Å². The molecule has 0 aromatic rings. The first-order valence-electron chi connectivity index (χ1n) is 5.39. The number of carboxylic acids is 1. The van der Waals surface area contributed by atoms with E-state index in [9.17, 15) is 9.59 Å². The van der Waals surface area contributed by atoms with Gasteiger partial charge in [0.2, 0.25) is 5.91 Å². The molecule has 1 saturated heterocycles. The van der Waals surface area contributed by atoms with Crippen LogP contribution in [0, 0.1) is 5.92 Å². The van der Waals surface area contributed by atoms with E-state index in [1.54, 1.807) is 0 Å². The summed E-state index contributed by atoms with van der Waals surface area (Å²) in [4.78, 5) is 22.4. The first kappa shape index (κ1) is 12.0. The van der Waals surface area contributed by atoms with E-state index in [4.69, 9.17) is 5.11 Å². The molecule has 0 spiro atoms. The fourth-order valence-corrected chi connectivity index (χ4v) is 1.71. The third-order valence-electron chi connectivity index (χ3n) is 2.62. The summed E-state index contributed by atoms with van der Waals surface area (Å²) in [6, 6.07) is -0.733. The van der Waals surface area contributed by atoms with E-state index in [0.29, 0.717) is 13.0 Å². The van der Waals surface area contributed by atoms with Crippen LogP contribution in [0.15, 0.2) is 0 Å². The summed E-state index contributed by atoms with van der Waals surface area (Å²) in [6.07, 6.45) is 2.03. The highest BCUT2D eigenvalue weighted by Gasteiger charge is 2.26. The molecule has 15 heavy (non-hydrogen) atoms. The van der Waals surface area contributed by atoms with Crippen molar-refractivity contribution in [3.63, 3.8) is 0 Å². The molecule has 1 rings (SSSR count). The van der Waals surface area contributed by atoms with Crippen LogP contribution in [0.1, 0.15) is 26.2 Å². The highest BCUT2D eigenvalue weighted by molar-refractivity contribution is 5.85. The Labute approximate surface area is 89.2 Å². The summed E-state index contributed by atoms with van der Waals surface area (Å²) in [5, 5.41) is 14.5. The summed E-state index contributed by atoms with van der Waals surface area (Å²) in [7, 11) is 0. The number of carboxylic acid groups (broad SMARTS) is 1. The van der Waals surface area contributed by atoms with Crippen molar-refractivity contribution in [3.8, 4) is 0 Å². The van der Waals surface area contributed by atoms with Crippen LogP contribution in [0.25, 0.3) is 0 Å². The van der Waals surface area contributed by atoms with Gasteiger partial charge in [-0.2, -0.15) is 0 Å². The highest BCUT2D eigenvalue weighted by atomic mass is 16.4. The molecule has 1 heterocycles. The largest absolute Gasteiger partial charge is 0.480 e. The first-order chi connectivity index (χ1) is 7.15. The van der Waals surface area contributed by atoms with Crippen LogP contribution in [-0.4, -0.2) is 36.1 Å². The molecule has 5 nitrogen and oxygen atoms in total. The number of aliphatic carboxylic acids is 1. The van der Waals surface area contributed by atoms with Crippen LogP contribution in [0.2, 0.25) is 0 Å². The average molecular weight is 214 g/mol. The van der Waals surface area contributed by atoms with E-state index in [1.807, 2.05) is 6.92 Å². The van der Waals surface area contributed by atoms with Crippen molar-refractivity contribution in [2.75, 3.05) is 13.1 Å². The molecular weight excluding hydrogens is 196 g/mol. The monoisotopic (exact) mass is 214 g/mol. The summed E-state index contributed by atoms with van der Waals surface area (Å²) in [5.41, 5.74) is 0. The Kier molecular flexibility index (Phi) is 4.55. The normalized spacial score (nSPS) is 22.3. The molecule has 2 unspecified atom stereocenters. The molecule has 1 aliphatic rings. The molecule has 5 heteroatoms. The quantitative estimate of drug-likeness (QED) is 0.600. The zero-order valence-corrected chi connectivity index (χ0v) is 8.95. The van der Waals surface area contributed by atoms with Gasteiger partial charge in [0.05, 0.1) is 5.92 Å². The molecule has 3 N–H and O–H groups in total. The van der Waals surface area contributed by atoms with Gasteiger partial charge in [-0.1, -0.05) is 13.3 Å². The fourth-order valence-electron chi connectivity index (χ4n) is 1.71. The van der Waals surface area contributed by atoms with Crippen LogP contribution in [0.3, 0.4) is 0 Å². The molecule has 0 bridgehead atoms. The van der Waals surface area contributed by atoms with Crippen molar-refractivity contribution in [1.29, 1.82) is 0 Å². The van der Waals surface area contributed by atoms with E-state index in [-0.39, 0.29) is 11.8 Å². The predicted molar refractivity (Wildman–Crippen MR) is 55.5 cm³/mol. The average Bonchev–Trinajstić information content (AvgIpc) is 2.69. The third kappa shape index (κ3) is 3.51. The number of carbonyl (C=O) groups excluding carboxylic acids is 1. The number of carbonyl (C=O) groups is 2. The number of rotatable bonds is 5. The topological polar surface area (TPSA) is 78.4 Å². The van der Waals surface area contributed by atoms with Gasteiger partial charge in [0.1, 0.15) is 6.04 Å². The molecule has 86 valence electrons. The minimum atomic E-state index is -0.948. The molecule has 0 aromatic carbocycles. The van der Waals surface area contributed by atoms with E-state index < -0.39 is 12.0 Å². The van der Waals surface area contributed by atoms with Gasteiger partial charge in [-0.05, 0) is 19.4 Å². The van der Waals surface area contributed by atoms with Crippen LogP contribution in [-0.2, 0) is 9.59 Å². The fraction of sp³-hybridized carbons (Fsp3) is 0.800. The van der Waals surface area contributed by atoms with Crippen molar-refractivity contribution in [3.05, 3.63) is 0 Å². The Morgan fingerprint density at radius 3 is 2.80 bits per heavy atom. The molecule has 0 radical (unpaired) electrons. The minimum absolute atomic E-state index is 0.0660. The number of amides is 1. The van der Waals surface area contributed by atoms with Crippen LogP contribution < -0.4 is 10.6 Å². The lowest BCUT2D eigenvalue weighted by Gasteiger charge is -2.16. The van der Waals surface area contributed by atoms with Gasteiger partial charge in [-0.3, -0.25) is 4.79 Å². The van der Waals surface area contributed by atoms with Gasteiger partial charge in [-0.25, -0.2) is 4.79 Å². The molecule has 0 aliphatic carbocycles. The summed E-state index contributed by atoms with van der Waals surface area (Å²) in [6.45, 7) is 3.40. The minimum Gasteiger partial charge on any atom is -0.480 e. The second-order valence-electron chi connectivity index (χ2n) is 3.88. The zero-order valence-electron chi connectivity index (χ0n) is 8.95. The van der Waals surface area contributed by atoms with Gasteiger partial charge < -0.3 is 15.7 Å². The highest BCUT2D eigenvalue weighted by Crippen LogP contribution is 2.08. The predicted octanol–water partition coefficient (Wildman–Crippen LogP) is -0.0346. The Morgan fingerprint density at radius 1 is 1.60 bits per heavy atom. The molecule has 0 aromatic heterocycles. The van der Waals surface area contributed by atoms with Crippen molar-refractivity contribution in [2.45, 2.75) is 32.2 Å². The first-order valence-corrected chi connectivity index (χ1v) is 5.39. The van der Waals surface area contributed by atoms with Crippen molar-refractivity contribution in [2.24, 2.45) is 5.92 Å². The zero-order chi connectivity index (χ0) is 11.3. The van der Waals surface area contributed by atoms with E-state index in [0.717, 1.165) is 19.4 Å². The van der Waals surface area contributed by atoms with E-state index >= 15 is 0 Å². The summed E-state index contributed by atoms with van der Waals surface area (Å²) in [5.74, 6) is -1.15. The number of hydrogen-bond acceptors (Lipinski definition) is 3. The van der Waals surface area contributed by atoms with Crippen molar-refractivity contribution < 1.29 is 14.7 Å². The lowest BCUT2D eigenvalue weighted by molar-refractivity contribution is -0.142. The maximum atomic E-state index is 11.6. The van der Waals surface area contributed by atoms with Crippen LogP contribution in [0.5, 0.6) is 0 Å². The summed E-state index contributed by atoms with van der Waals surface area (Å²) < 4.78 is 0. The standard InChI is InChI=1S/C10H18N2O3/c1-2-3-8(10(14)15)12-9(13)7-4-5-11-6-7/h7-8,11H,2-6H2,1H3,(H,12,13)(H,14,15). The van der Waals surface area contributed by atoms with Gasteiger partial charge in [0.25, 0.3) is 0 Å². The van der Waals surface area contributed by atoms with E-state index in [1.165, 1.54) is 0 Å². The lowest BCUT2D eigenvalue weighted by atomic mass is 10.1. The lowest BCUT2D eigenvalue weighted by Crippen LogP contribution is -2.44. The second-order valence-corrected chi connectivity index (χ2v) is 3.88. The van der Waals surface area contributed by atoms with Crippen LogP contribution in [0.4, 0.5) is 0 Å². The second kappa shape index (κ2) is 5.70. The Hall–Kier alpha value is -1.10. The van der Waals surface area contributed by atoms with Crippen molar-refractivity contribution in [1.82, 2.24) is 10.6 Å². The molecule has 1 amide bonds. The smallest absolute Gasteiger partial charge is 0.326 e. The Bertz CT molecular complexity index is 237. The Morgan fingerprint density at radius 2 is 2.33 bits per heavy atom. The molecule has 1 fully saturated rings. The third-order valence-corrected chi connectivity index (χ3v) is 2.62. The maximum absolute atomic E-state index is 11.6. The Balaban J connectivity index is 2.42. The number of nitrogens with one attached hydrogen (secondary N) is 2. The summed E-state index contributed by atoms with van der Waals surface area (Å²) >= 11 is 0.